The minimum atomic E-state index is -0.166. The Kier molecular flexibility index (Phi) is 7.25. The zero-order valence-electron chi connectivity index (χ0n) is 19.5. The third-order valence-electron chi connectivity index (χ3n) is 6.22. The van der Waals surface area contributed by atoms with Gasteiger partial charge in [-0.15, -0.1) is 0 Å². The number of ether oxygens (including phenoxy) is 2. The number of rotatable bonds is 6. The van der Waals surface area contributed by atoms with Crippen molar-refractivity contribution in [3.63, 3.8) is 0 Å². The van der Waals surface area contributed by atoms with E-state index < -0.39 is 0 Å². The van der Waals surface area contributed by atoms with Gasteiger partial charge >= 0.3 is 0 Å². The summed E-state index contributed by atoms with van der Waals surface area (Å²) in [5, 5.41) is 6.59. The van der Waals surface area contributed by atoms with Gasteiger partial charge in [-0.1, -0.05) is 18.6 Å². The van der Waals surface area contributed by atoms with Crippen LogP contribution in [-0.4, -0.2) is 38.2 Å². The quantitative estimate of drug-likeness (QED) is 0.547. The number of nitrogens with zero attached hydrogens (tertiary/aromatic N) is 1. The van der Waals surface area contributed by atoms with Crippen LogP contribution >= 0.6 is 0 Å². The molecule has 6 nitrogen and oxygen atoms in total. The molecule has 0 aliphatic carbocycles. The van der Waals surface area contributed by atoms with E-state index in [1.54, 1.807) is 20.4 Å². The molecule has 1 saturated heterocycles. The van der Waals surface area contributed by atoms with Crippen LogP contribution in [0.25, 0.3) is 11.1 Å². The smallest absolute Gasteiger partial charge is 0.255 e. The Bertz CT molecular complexity index is 1100. The number of hydrogen-bond donors (Lipinski definition) is 2. The summed E-state index contributed by atoms with van der Waals surface area (Å²) in [4.78, 5) is 17.9. The van der Waals surface area contributed by atoms with Gasteiger partial charge < -0.3 is 20.1 Å². The maximum Gasteiger partial charge on any atom is 0.255 e. The normalized spacial score (nSPS) is 16.0. The molecule has 1 aliphatic heterocycles. The van der Waals surface area contributed by atoms with Crippen molar-refractivity contribution in [1.29, 1.82) is 0 Å². The summed E-state index contributed by atoms with van der Waals surface area (Å²) in [6.07, 6.45) is 5.19. The Morgan fingerprint density at radius 1 is 1.06 bits per heavy atom. The van der Waals surface area contributed by atoms with Crippen LogP contribution in [0.15, 0.2) is 54.7 Å². The van der Waals surface area contributed by atoms with Crippen molar-refractivity contribution in [2.45, 2.75) is 32.1 Å². The molecule has 1 amide bonds. The average molecular weight is 446 g/mol. The SMILES string of the molecule is COc1cccc(OC)c1-c1cc(C(=O)Nc2cccnc2C2CCCCNC2)ccc1C. The van der Waals surface area contributed by atoms with E-state index in [0.29, 0.717) is 17.1 Å². The van der Waals surface area contributed by atoms with E-state index >= 15 is 0 Å². The molecule has 0 saturated carbocycles. The van der Waals surface area contributed by atoms with Gasteiger partial charge in [0.15, 0.2) is 0 Å². The van der Waals surface area contributed by atoms with Crippen molar-refractivity contribution in [2.75, 3.05) is 32.6 Å². The zero-order valence-corrected chi connectivity index (χ0v) is 19.5. The fourth-order valence-electron chi connectivity index (χ4n) is 4.44. The third kappa shape index (κ3) is 5.01. The van der Waals surface area contributed by atoms with Crippen LogP contribution in [0.4, 0.5) is 5.69 Å². The van der Waals surface area contributed by atoms with E-state index in [9.17, 15) is 4.79 Å². The summed E-state index contributed by atoms with van der Waals surface area (Å²) in [6, 6.07) is 15.2. The largest absolute Gasteiger partial charge is 0.496 e. The number of methoxy groups -OCH3 is 2. The standard InChI is InChI=1S/C27H31N3O3/c1-18-12-13-19(16-21(18)25-23(32-2)10-6-11-24(25)33-3)27(31)30-22-9-7-15-29-26(22)20-8-4-5-14-28-17-20/h6-7,9-13,15-16,20,28H,4-5,8,14,17H2,1-3H3,(H,30,31). The number of hydrogen-bond acceptors (Lipinski definition) is 5. The van der Waals surface area contributed by atoms with E-state index in [4.69, 9.17) is 9.47 Å². The van der Waals surface area contributed by atoms with Crippen LogP contribution in [0.3, 0.4) is 0 Å². The summed E-state index contributed by atoms with van der Waals surface area (Å²) in [6.45, 7) is 3.92. The molecular weight excluding hydrogens is 414 g/mol. The molecule has 3 aromatic rings. The molecule has 1 atom stereocenters. The van der Waals surface area contributed by atoms with E-state index in [1.165, 1.54) is 6.42 Å². The van der Waals surface area contributed by atoms with Gasteiger partial charge in [0.2, 0.25) is 0 Å². The van der Waals surface area contributed by atoms with Gasteiger partial charge in [-0.2, -0.15) is 0 Å². The van der Waals surface area contributed by atoms with Crippen LogP contribution in [0.2, 0.25) is 0 Å². The lowest BCUT2D eigenvalue weighted by atomic mass is 9.95. The van der Waals surface area contributed by atoms with Gasteiger partial charge in [-0.3, -0.25) is 9.78 Å². The number of anilines is 1. The topological polar surface area (TPSA) is 72.5 Å². The number of aryl methyl sites for hydroxylation is 1. The monoisotopic (exact) mass is 445 g/mol. The minimum absolute atomic E-state index is 0.166. The highest BCUT2D eigenvalue weighted by Gasteiger charge is 2.21. The number of amides is 1. The predicted octanol–water partition coefficient (Wildman–Crippen LogP) is 5.18. The summed E-state index contributed by atoms with van der Waals surface area (Å²) < 4.78 is 11.2. The van der Waals surface area contributed by atoms with Gasteiger partial charge in [0.1, 0.15) is 11.5 Å². The first-order chi connectivity index (χ1) is 16.1. The second-order valence-corrected chi connectivity index (χ2v) is 8.35. The molecule has 6 heteroatoms. The number of aromatic nitrogens is 1. The van der Waals surface area contributed by atoms with Crippen LogP contribution in [0, 0.1) is 6.92 Å². The Morgan fingerprint density at radius 3 is 2.61 bits per heavy atom. The molecule has 1 fully saturated rings. The van der Waals surface area contributed by atoms with Crippen LogP contribution in [0.1, 0.15) is 46.8 Å². The molecule has 0 radical (unpaired) electrons. The first-order valence-electron chi connectivity index (χ1n) is 11.4. The van der Waals surface area contributed by atoms with Crippen molar-refractivity contribution in [3.05, 3.63) is 71.5 Å². The summed E-state index contributed by atoms with van der Waals surface area (Å²) in [5.74, 6) is 1.52. The Morgan fingerprint density at radius 2 is 1.85 bits per heavy atom. The highest BCUT2D eigenvalue weighted by Crippen LogP contribution is 2.40. The molecule has 33 heavy (non-hydrogen) atoms. The van der Waals surface area contributed by atoms with Gasteiger partial charge in [-0.25, -0.2) is 0 Å². The van der Waals surface area contributed by atoms with Gasteiger partial charge in [0, 0.05) is 24.2 Å². The van der Waals surface area contributed by atoms with Crippen molar-refractivity contribution in [1.82, 2.24) is 10.3 Å². The zero-order chi connectivity index (χ0) is 23.2. The second-order valence-electron chi connectivity index (χ2n) is 8.35. The molecule has 0 spiro atoms. The first kappa shape index (κ1) is 22.8. The Labute approximate surface area is 195 Å². The molecule has 2 heterocycles. The lowest BCUT2D eigenvalue weighted by Gasteiger charge is -2.19. The lowest BCUT2D eigenvalue weighted by molar-refractivity contribution is 0.102. The highest BCUT2D eigenvalue weighted by molar-refractivity contribution is 6.05. The molecule has 4 rings (SSSR count). The van der Waals surface area contributed by atoms with Gasteiger partial charge in [0.05, 0.1) is 31.2 Å². The van der Waals surface area contributed by atoms with Gasteiger partial charge in [-0.05, 0) is 73.8 Å². The molecule has 1 aromatic heterocycles. The van der Waals surface area contributed by atoms with Crippen molar-refractivity contribution < 1.29 is 14.3 Å². The maximum absolute atomic E-state index is 13.3. The molecule has 0 bridgehead atoms. The molecule has 1 unspecified atom stereocenters. The molecule has 2 N–H and O–H groups in total. The van der Waals surface area contributed by atoms with Crippen LogP contribution < -0.4 is 20.1 Å². The van der Waals surface area contributed by atoms with E-state index in [2.05, 4.69) is 15.6 Å². The summed E-state index contributed by atoms with van der Waals surface area (Å²) in [5.41, 5.74) is 5.04. The fraction of sp³-hybridized carbons (Fsp3) is 0.333. The van der Waals surface area contributed by atoms with Crippen molar-refractivity contribution >= 4 is 11.6 Å². The average Bonchev–Trinajstić information content (AvgIpc) is 3.13. The predicted molar refractivity (Wildman–Crippen MR) is 131 cm³/mol. The number of benzene rings is 2. The van der Waals surface area contributed by atoms with Crippen LogP contribution in [0.5, 0.6) is 11.5 Å². The Balaban J connectivity index is 1.66. The third-order valence-corrected chi connectivity index (χ3v) is 6.22. The number of pyridine rings is 1. The molecule has 1 aliphatic rings. The Hall–Kier alpha value is -3.38. The molecule has 172 valence electrons. The fourth-order valence-corrected chi connectivity index (χ4v) is 4.44. The maximum atomic E-state index is 13.3. The highest BCUT2D eigenvalue weighted by atomic mass is 16.5. The van der Waals surface area contributed by atoms with E-state index in [1.807, 2.05) is 55.5 Å². The number of carbonyl (C=O) groups is 1. The first-order valence-corrected chi connectivity index (χ1v) is 11.4. The number of nitrogens with one attached hydrogen (secondary N) is 2. The van der Waals surface area contributed by atoms with E-state index in [-0.39, 0.29) is 11.8 Å². The lowest BCUT2D eigenvalue weighted by Crippen LogP contribution is -2.22. The summed E-state index contributed by atoms with van der Waals surface area (Å²) in [7, 11) is 3.27. The van der Waals surface area contributed by atoms with Crippen molar-refractivity contribution in [3.8, 4) is 22.6 Å². The van der Waals surface area contributed by atoms with Crippen LogP contribution in [-0.2, 0) is 0 Å². The minimum Gasteiger partial charge on any atom is -0.496 e. The van der Waals surface area contributed by atoms with Crippen molar-refractivity contribution in [2.24, 2.45) is 0 Å². The second kappa shape index (κ2) is 10.5. The van der Waals surface area contributed by atoms with Gasteiger partial charge in [0.25, 0.3) is 5.91 Å². The molecule has 2 aromatic carbocycles. The summed E-state index contributed by atoms with van der Waals surface area (Å²) >= 11 is 0. The number of carbonyl (C=O) groups excluding carboxylic acids is 1. The molecular formula is C27H31N3O3. The van der Waals surface area contributed by atoms with E-state index in [0.717, 1.165) is 54.0 Å².